The van der Waals surface area contributed by atoms with Crippen LogP contribution in [0, 0.1) is 0 Å². The van der Waals surface area contributed by atoms with Gasteiger partial charge in [0.2, 0.25) is 0 Å². The van der Waals surface area contributed by atoms with Crippen molar-refractivity contribution in [3.63, 3.8) is 0 Å². The van der Waals surface area contributed by atoms with Gasteiger partial charge in [-0.3, -0.25) is 14.9 Å². The molecule has 0 saturated carbocycles. The fraction of sp³-hybridized carbons (Fsp3) is 0.0556. The van der Waals surface area contributed by atoms with Crippen LogP contribution < -0.4 is 15.0 Å². The third kappa shape index (κ3) is 3.20. The lowest BCUT2D eigenvalue weighted by molar-refractivity contribution is -0.122. The second kappa shape index (κ2) is 6.48. The number of methoxy groups -OCH3 is 1. The van der Waals surface area contributed by atoms with Gasteiger partial charge in [0.05, 0.1) is 12.8 Å². The lowest BCUT2D eigenvalue weighted by Gasteiger charge is -2.26. The number of ether oxygens (including phenoxy) is 1. The number of aromatic hydroxyl groups is 1. The zero-order chi connectivity index (χ0) is 18.0. The lowest BCUT2D eigenvalue weighted by Crippen LogP contribution is -2.54. The number of hydrogen-bond acceptors (Lipinski definition) is 5. The summed E-state index contributed by atoms with van der Waals surface area (Å²) in [6, 6.07) is 11.5. The summed E-state index contributed by atoms with van der Waals surface area (Å²) in [5.41, 5.74) is 0.557. The van der Waals surface area contributed by atoms with Crippen molar-refractivity contribution in [2.24, 2.45) is 0 Å². The number of benzene rings is 2. The molecule has 7 nitrogen and oxygen atoms in total. The van der Waals surface area contributed by atoms with Gasteiger partial charge in [-0.2, -0.15) is 0 Å². The van der Waals surface area contributed by atoms with Gasteiger partial charge < -0.3 is 9.84 Å². The van der Waals surface area contributed by atoms with Crippen LogP contribution in [0.3, 0.4) is 0 Å². The number of rotatable bonds is 3. The van der Waals surface area contributed by atoms with Crippen molar-refractivity contribution in [3.8, 4) is 11.5 Å². The molecule has 2 N–H and O–H groups in total. The van der Waals surface area contributed by atoms with E-state index in [1.807, 2.05) is 0 Å². The van der Waals surface area contributed by atoms with Gasteiger partial charge in [-0.05, 0) is 48.0 Å². The van der Waals surface area contributed by atoms with E-state index >= 15 is 0 Å². The molecule has 1 aliphatic rings. The Morgan fingerprint density at radius 3 is 2.44 bits per heavy atom. The van der Waals surface area contributed by atoms with Crippen LogP contribution in [0.4, 0.5) is 10.5 Å². The summed E-state index contributed by atoms with van der Waals surface area (Å²) in [5.74, 6) is -0.966. The minimum absolute atomic E-state index is 0.00102. The normalized spacial score (nSPS) is 16.1. The molecule has 4 amide bonds. The first-order chi connectivity index (χ1) is 12.0. The number of phenols is 1. The van der Waals surface area contributed by atoms with E-state index in [1.54, 1.807) is 24.3 Å². The van der Waals surface area contributed by atoms with E-state index in [2.05, 4.69) is 5.32 Å². The van der Waals surface area contributed by atoms with E-state index in [1.165, 1.54) is 37.5 Å². The van der Waals surface area contributed by atoms with Crippen molar-refractivity contribution in [3.05, 3.63) is 59.7 Å². The van der Waals surface area contributed by atoms with Gasteiger partial charge in [0.15, 0.2) is 0 Å². The second-order valence-electron chi connectivity index (χ2n) is 5.25. The van der Waals surface area contributed by atoms with Crippen LogP contribution in [0.1, 0.15) is 5.56 Å². The first-order valence-electron chi connectivity index (χ1n) is 7.34. The molecule has 126 valence electrons. The zero-order valence-electron chi connectivity index (χ0n) is 13.2. The van der Waals surface area contributed by atoms with E-state index < -0.39 is 17.8 Å². The Balaban J connectivity index is 1.99. The van der Waals surface area contributed by atoms with E-state index in [4.69, 9.17) is 4.74 Å². The molecule has 1 heterocycles. The number of nitrogens with one attached hydrogen (secondary N) is 1. The van der Waals surface area contributed by atoms with Gasteiger partial charge in [-0.25, -0.2) is 9.69 Å². The summed E-state index contributed by atoms with van der Waals surface area (Å²) in [6.07, 6.45) is 1.32. The van der Waals surface area contributed by atoms with E-state index in [0.29, 0.717) is 17.0 Å². The number of anilines is 1. The Hall–Kier alpha value is -3.61. The molecular formula is C18H14N2O5. The second-order valence-corrected chi connectivity index (χ2v) is 5.25. The maximum Gasteiger partial charge on any atom is 0.335 e. The maximum absolute atomic E-state index is 12.7. The number of carbonyl (C=O) groups excluding carboxylic acids is 3. The zero-order valence-corrected chi connectivity index (χ0v) is 13.2. The number of hydrogen-bond donors (Lipinski definition) is 2. The van der Waals surface area contributed by atoms with Gasteiger partial charge in [0, 0.05) is 0 Å². The summed E-state index contributed by atoms with van der Waals surface area (Å²) < 4.78 is 5.05. The summed E-state index contributed by atoms with van der Waals surface area (Å²) in [7, 11) is 1.50. The number of imide groups is 2. The van der Waals surface area contributed by atoms with Crippen LogP contribution in [-0.4, -0.2) is 30.1 Å². The molecule has 25 heavy (non-hydrogen) atoms. The standard InChI is InChI=1S/C18H14N2O5/c1-25-14-7-5-12(6-8-14)20-17(23)15(16(22)19-18(20)24)10-11-3-2-4-13(21)9-11/h2-10,21H,1H3,(H,19,22,24)/b15-10+. The molecule has 2 aromatic rings. The van der Waals surface area contributed by atoms with E-state index in [-0.39, 0.29) is 11.3 Å². The Morgan fingerprint density at radius 2 is 1.80 bits per heavy atom. The van der Waals surface area contributed by atoms with Crippen molar-refractivity contribution in [1.82, 2.24) is 5.32 Å². The van der Waals surface area contributed by atoms with Gasteiger partial charge in [-0.1, -0.05) is 12.1 Å². The minimum atomic E-state index is -0.826. The third-order valence-corrected chi connectivity index (χ3v) is 3.61. The Kier molecular flexibility index (Phi) is 4.21. The average molecular weight is 338 g/mol. The monoisotopic (exact) mass is 338 g/mol. The molecule has 0 aliphatic carbocycles. The Morgan fingerprint density at radius 1 is 1.08 bits per heavy atom. The number of barbiturate groups is 1. The summed E-state index contributed by atoms with van der Waals surface area (Å²) >= 11 is 0. The van der Waals surface area contributed by atoms with Crippen molar-refractivity contribution in [2.45, 2.75) is 0 Å². The number of urea groups is 1. The molecule has 1 fully saturated rings. The van der Waals surface area contributed by atoms with Crippen LogP contribution in [0.25, 0.3) is 6.08 Å². The van der Waals surface area contributed by atoms with Crippen LogP contribution in [0.5, 0.6) is 11.5 Å². The quantitative estimate of drug-likeness (QED) is 0.660. The van der Waals surface area contributed by atoms with Crippen LogP contribution in [-0.2, 0) is 9.59 Å². The molecular weight excluding hydrogens is 324 g/mol. The molecule has 2 aromatic carbocycles. The number of nitrogens with zero attached hydrogens (tertiary/aromatic N) is 1. The molecule has 7 heteroatoms. The van der Waals surface area contributed by atoms with Crippen molar-refractivity contribution in [2.75, 3.05) is 12.0 Å². The largest absolute Gasteiger partial charge is 0.508 e. The predicted molar refractivity (Wildman–Crippen MR) is 90.1 cm³/mol. The average Bonchev–Trinajstić information content (AvgIpc) is 2.59. The fourth-order valence-electron chi connectivity index (χ4n) is 2.40. The predicted octanol–water partition coefficient (Wildman–Crippen LogP) is 2.07. The van der Waals surface area contributed by atoms with Crippen LogP contribution in [0.15, 0.2) is 54.1 Å². The van der Waals surface area contributed by atoms with Gasteiger partial charge >= 0.3 is 6.03 Å². The van der Waals surface area contributed by atoms with Crippen LogP contribution in [0.2, 0.25) is 0 Å². The van der Waals surface area contributed by atoms with Gasteiger partial charge in [0.25, 0.3) is 11.8 Å². The Labute approximate surface area is 143 Å². The number of phenolic OH excluding ortho intramolecular Hbond substituents is 1. The third-order valence-electron chi connectivity index (χ3n) is 3.61. The first-order valence-corrected chi connectivity index (χ1v) is 7.34. The summed E-state index contributed by atoms with van der Waals surface area (Å²) in [6.45, 7) is 0. The molecule has 0 spiro atoms. The molecule has 1 aliphatic heterocycles. The fourth-order valence-corrected chi connectivity index (χ4v) is 2.40. The number of amides is 4. The summed E-state index contributed by atoms with van der Waals surface area (Å²) in [4.78, 5) is 37.7. The first kappa shape index (κ1) is 16.3. The number of carbonyl (C=O) groups is 3. The highest BCUT2D eigenvalue weighted by Gasteiger charge is 2.36. The minimum Gasteiger partial charge on any atom is -0.508 e. The highest BCUT2D eigenvalue weighted by Crippen LogP contribution is 2.24. The smallest absolute Gasteiger partial charge is 0.335 e. The molecule has 1 saturated heterocycles. The molecule has 0 aromatic heterocycles. The van der Waals surface area contributed by atoms with Crippen molar-refractivity contribution in [1.29, 1.82) is 0 Å². The highest BCUT2D eigenvalue weighted by molar-refractivity contribution is 6.39. The molecule has 0 unspecified atom stereocenters. The highest BCUT2D eigenvalue weighted by atomic mass is 16.5. The van der Waals surface area contributed by atoms with E-state index in [9.17, 15) is 19.5 Å². The van der Waals surface area contributed by atoms with Gasteiger partial charge in [0.1, 0.15) is 17.1 Å². The molecule has 0 atom stereocenters. The molecule has 0 radical (unpaired) electrons. The maximum atomic E-state index is 12.7. The molecule has 0 bridgehead atoms. The SMILES string of the molecule is COc1ccc(N2C(=O)NC(=O)/C(=C\c3cccc(O)c3)C2=O)cc1. The Bertz CT molecular complexity index is 887. The topological polar surface area (TPSA) is 95.9 Å². The van der Waals surface area contributed by atoms with Crippen molar-refractivity contribution >= 4 is 29.6 Å². The summed E-state index contributed by atoms with van der Waals surface area (Å²) in [5, 5.41) is 11.6. The van der Waals surface area contributed by atoms with E-state index in [0.717, 1.165) is 4.90 Å². The van der Waals surface area contributed by atoms with Gasteiger partial charge in [-0.15, -0.1) is 0 Å². The van der Waals surface area contributed by atoms with Crippen molar-refractivity contribution < 1.29 is 24.2 Å². The van der Waals surface area contributed by atoms with Crippen LogP contribution >= 0.6 is 0 Å². The molecule has 3 rings (SSSR count). The lowest BCUT2D eigenvalue weighted by atomic mass is 10.1.